The van der Waals surface area contributed by atoms with Gasteiger partial charge in [0.15, 0.2) is 0 Å². The van der Waals surface area contributed by atoms with Gasteiger partial charge in [0.05, 0.1) is 0 Å². The van der Waals surface area contributed by atoms with Gasteiger partial charge < -0.3 is 9.15 Å². The van der Waals surface area contributed by atoms with E-state index in [1.54, 1.807) is 0 Å². The van der Waals surface area contributed by atoms with Crippen LogP contribution in [-0.4, -0.2) is 0 Å². The summed E-state index contributed by atoms with van der Waals surface area (Å²) in [6, 6.07) is 17.7. The number of benzene rings is 2. The molecule has 2 nitrogen and oxygen atoms in total. The summed E-state index contributed by atoms with van der Waals surface area (Å²) in [5.74, 6) is 1.66. The van der Waals surface area contributed by atoms with E-state index in [-0.39, 0.29) is 0 Å². The third kappa shape index (κ3) is 2.41. The summed E-state index contributed by atoms with van der Waals surface area (Å²) in [4.78, 5) is 0. The van der Waals surface area contributed by atoms with Gasteiger partial charge in [0.25, 0.3) is 0 Å². The lowest BCUT2D eigenvalue weighted by Crippen LogP contribution is -1.92. The zero-order chi connectivity index (χ0) is 12.4. The SMILES string of the molecule is Brc1ccc(OCc2cc3ccccc3o2)cc1. The van der Waals surface area contributed by atoms with Gasteiger partial charge >= 0.3 is 0 Å². The second-order valence-corrected chi connectivity index (χ2v) is 4.91. The predicted molar refractivity (Wildman–Crippen MR) is 74.7 cm³/mol. The maximum atomic E-state index is 5.68. The lowest BCUT2D eigenvalue weighted by Gasteiger charge is -2.03. The molecule has 2 aromatic carbocycles. The van der Waals surface area contributed by atoms with Gasteiger partial charge in [-0.1, -0.05) is 34.1 Å². The predicted octanol–water partition coefficient (Wildman–Crippen LogP) is 4.77. The molecule has 3 rings (SSSR count). The first kappa shape index (κ1) is 11.4. The van der Waals surface area contributed by atoms with Crippen molar-refractivity contribution in [2.75, 3.05) is 0 Å². The van der Waals surface area contributed by atoms with Crippen molar-refractivity contribution < 1.29 is 9.15 Å². The summed E-state index contributed by atoms with van der Waals surface area (Å²) in [7, 11) is 0. The molecule has 1 aromatic heterocycles. The van der Waals surface area contributed by atoms with Crippen LogP contribution >= 0.6 is 15.9 Å². The number of para-hydroxylation sites is 1. The largest absolute Gasteiger partial charge is 0.486 e. The number of fused-ring (bicyclic) bond motifs is 1. The first-order valence-electron chi connectivity index (χ1n) is 5.67. The zero-order valence-electron chi connectivity index (χ0n) is 9.60. The molecule has 0 amide bonds. The van der Waals surface area contributed by atoms with Crippen molar-refractivity contribution in [1.29, 1.82) is 0 Å². The molecular formula is C15H11BrO2. The number of ether oxygens (including phenoxy) is 1. The van der Waals surface area contributed by atoms with Crippen LogP contribution in [-0.2, 0) is 6.61 Å². The molecular weight excluding hydrogens is 292 g/mol. The fraction of sp³-hybridized carbons (Fsp3) is 0.0667. The lowest BCUT2D eigenvalue weighted by molar-refractivity contribution is 0.274. The molecule has 0 radical (unpaired) electrons. The van der Waals surface area contributed by atoms with Gasteiger partial charge in [-0.25, -0.2) is 0 Å². The Bertz CT molecular complexity index is 623. The van der Waals surface area contributed by atoms with E-state index in [9.17, 15) is 0 Å². The molecule has 18 heavy (non-hydrogen) atoms. The Kier molecular flexibility index (Phi) is 3.07. The minimum absolute atomic E-state index is 0.441. The van der Waals surface area contributed by atoms with Gasteiger partial charge in [0, 0.05) is 9.86 Å². The summed E-state index contributed by atoms with van der Waals surface area (Å²) in [5, 5.41) is 1.10. The molecule has 0 bridgehead atoms. The Morgan fingerprint density at radius 2 is 1.78 bits per heavy atom. The number of halogens is 1. The lowest BCUT2D eigenvalue weighted by atomic mass is 10.2. The van der Waals surface area contributed by atoms with Crippen LogP contribution in [0.5, 0.6) is 5.75 Å². The van der Waals surface area contributed by atoms with Crippen LogP contribution < -0.4 is 4.74 Å². The van der Waals surface area contributed by atoms with Crippen LogP contribution in [0.15, 0.2) is 63.5 Å². The number of hydrogen-bond donors (Lipinski definition) is 0. The van der Waals surface area contributed by atoms with Crippen LogP contribution in [0.4, 0.5) is 0 Å². The van der Waals surface area contributed by atoms with E-state index >= 15 is 0 Å². The Morgan fingerprint density at radius 3 is 2.56 bits per heavy atom. The van der Waals surface area contributed by atoms with Crippen LogP contribution in [0.25, 0.3) is 11.0 Å². The van der Waals surface area contributed by atoms with E-state index in [2.05, 4.69) is 15.9 Å². The van der Waals surface area contributed by atoms with Crippen molar-refractivity contribution in [3.63, 3.8) is 0 Å². The van der Waals surface area contributed by atoms with E-state index in [1.165, 1.54) is 0 Å². The highest BCUT2D eigenvalue weighted by molar-refractivity contribution is 9.10. The fourth-order valence-corrected chi connectivity index (χ4v) is 2.06. The minimum atomic E-state index is 0.441. The Balaban J connectivity index is 1.74. The normalized spacial score (nSPS) is 10.7. The van der Waals surface area contributed by atoms with E-state index in [0.29, 0.717) is 6.61 Å². The van der Waals surface area contributed by atoms with E-state index < -0.39 is 0 Å². The topological polar surface area (TPSA) is 22.4 Å². The van der Waals surface area contributed by atoms with Crippen molar-refractivity contribution in [3.8, 4) is 5.75 Å². The second kappa shape index (κ2) is 4.86. The molecule has 0 aliphatic carbocycles. The van der Waals surface area contributed by atoms with Gasteiger partial charge in [-0.2, -0.15) is 0 Å². The average Bonchev–Trinajstić information content (AvgIpc) is 2.81. The van der Waals surface area contributed by atoms with Crippen molar-refractivity contribution in [2.24, 2.45) is 0 Å². The number of hydrogen-bond acceptors (Lipinski definition) is 2. The molecule has 0 aliphatic heterocycles. The molecule has 0 saturated heterocycles. The molecule has 0 unspecified atom stereocenters. The highest BCUT2D eigenvalue weighted by atomic mass is 79.9. The van der Waals surface area contributed by atoms with Crippen molar-refractivity contribution in [3.05, 3.63) is 64.8 Å². The van der Waals surface area contributed by atoms with Gasteiger partial charge in [-0.05, 0) is 36.4 Å². The average molecular weight is 303 g/mol. The first-order valence-corrected chi connectivity index (χ1v) is 6.46. The van der Waals surface area contributed by atoms with Crippen LogP contribution in [0.3, 0.4) is 0 Å². The molecule has 0 aliphatic rings. The number of furan rings is 1. The van der Waals surface area contributed by atoms with Crippen molar-refractivity contribution in [2.45, 2.75) is 6.61 Å². The van der Waals surface area contributed by atoms with Gasteiger partial charge in [-0.3, -0.25) is 0 Å². The van der Waals surface area contributed by atoms with E-state index in [0.717, 1.165) is 27.0 Å². The van der Waals surface area contributed by atoms with Crippen molar-refractivity contribution >= 4 is 26.9 Å². The molecule has 0 N–H and O–H groups in total. The van der Waals surface area contributed by atoms with Gasteiger partial charge in [0.2, 0.25) is 0 Å². The Labute approximate surface area is 113 Å². The van der Waals surface area contributed by atoms with Crippen LogP contribution in [0.1, 0.15) is 5.76 Å². The third-order valence-corrected chi connectivity index (χ3v) is 3.20. The highest BCUT2D eigenvalue weighted by Gasteiger charge is 2.03. The van der Waals surface area contributed by atoms with E-state index in [4.69, 9.17) is 9.15 Å². The minimum Gasteiger partial charge on any atom is -0.486 e. The Morgan fingerprint density at radius 1 is 1.00 bits per heavy atom. The molecule has 0 atom stereocenters. The summed E-state index contributed by atoms with van der Waals surface area (Å²) < 4.78 is 12.4. The maximum absolute atomic E-state index is 5.68. The van der Waals surface area contributed by atoms with Crippen LogP contribution in [0.2, 0.25) is 0 Å². The first-order chi connectivity index (χ1) is 8.81. The standard InChI is InChI=1S/C15H11BrO2/c16-12-5-7-13(8-6-12)17-10-14-9-11-3-1-2-4-15(11)18-14/h1-9H,10H2. The Hall–Kier alpha value is -1.74. The smallest absolute Gasteiger partial charge is 0.146 e. The third-order valence-electron chi connectivity index (χ3n) is 2.67. The molecule has 0 saturated carbocycles. The van der Waals surface area contributed by atoms with Crippen molar-refractivity contribution in [1.82, 2.24) is 0 Å². The fourth-order valence-electron chi connectivity index (χ4n) is 1.79. The second-order valence-electron chi connectivity index (χ2n) is 3.99. The van der Waals surface area contributed by atoms with Crippen LogP contribution in [0, 0.1) is 0 Å². The zero-order valence-corrected chi connectivity index (χ0v) is 11.2. The van der Waals surface area contributed by atoms with Gasteiger partial charge in [0.1, 0.15) is 23.7 Å². The van der Waals surface area contributed by atoms with E-state index in [1.807, 2.05) is 54.6 Å². The molecule has 3 aromatic rings. The molecule has 3 heteroatoms. The summed E-state index contributed by atoms with van der Waals surface area (Å²) >= 11 is 3.39. The highest BCUT2D eigenvalue weighted by Crippen LogP contribution is 2.21. The molecule has 1 heterocycles. The maximum Gasteiger partial charge on any atom is 0.146 e. The number of rotatable bonds is 3. The molecule has 0 spiro atoms. The van der Waals surface area contributed by atoms with Gasteiger partial charge in [-0.15, -0.1) is 0 Å². The molecule has 0 fully saturated rings. The molecule has 90 valence electrons. The quantitative estimate of drug-likeness (QED) is 0.695. The summed E-state index contributed by atoms with van der Waals surface area (Å²) in [6.45, 7) is 0.441. The summed E-state index contributed by atoms with van der Waals surface area (Å²) in [5.41, 5.74) is 0.895. The summed E-state index contributed by atoms with van der Waals surface area (Å²) in [6.07, 6.45) is 0. The monoisotopic (exact) mass is 302 g/mol.